The summed E-state index contributed by atoms with van der Waals surface area (Å²) in [6.07, 6.45) is 0.00595. The number of hydrogen-bond donors (Lipinski definition) is 0. The molecule has 0 radical (unpaired) electrons. The van der Waals surface area contributed by atoms with Crippen molar-refractivity contribution in [2.45, 2.75) is 13.0 Å². The van der Waals surface area contributed by atoms with E-state index >= 15 is 0 Å². The maximum Gasteiger partial charge on any atom is 0.254 e. The van der Waals surface area contributed by atoms with E-state index in [4.69, 9.17) is 13.9 Å². The van der Waals surface area contributed by atoms with Crippen molar-refractivity contribution in [3.05, 3.63) is 72.0 Å². The highest BCUT2D eigenvalue weighted by atomic mass is 16.5. The van der Waals surface area contributed by atoms with E-state index < -0.39 is 0 Å². The van der Waals surface area contributed by atoms with E-state index in [0.717, 1.165) is 28.6 Å². The summed E-state index contributed by atoms with van der Waals surface area (Å²) in [5.41, 5.74) is 1.63. The topological polar surface area (TPSA) is 51.9 Å². The third-order valence-electron chi connectivity index (χ3n) is 4.64. The average molecular weight is 363 g/mol. The van der Waals surface area contributed by atoms with Crippen molar-refractivity contribution in [3.63, 3.8) is 0 Å². The summed E-state index contributed by atoms with van der Waals surface area (Å²) in [4.78, 5) is 14.4. The molecule has 0 N–H and O–H groups in total. The van der Waals surface area contributed by atoms with Crippen LogP contribution in [-0.4, -0.2) is 37.1 Å². The fourth-order valence-corrected chi connectivity index (χ4v) is 3.09. The molecule has 0 saturated carbocycles. The van der Waals surface area contributed by atoms with Crippen LogP contribution in [0.2, 0.25) is 0 Å². The first kappa shape index (κ1) is 17.2. The van der Waals surface area contributed by atoms with Crippen molar-refractivity contribution in [2.75, 3.05) is 20.2 Å². The van der Waals surface area contributed by atoms with Crippen LogP contribution in [0.5, 0.6) is 11.5 Å². The zero-order valence-electron chi connectivity index (χ0n) is 15.3. The summed E-state index contributed by atoms with van der Waals surface area (Å²) in [7, 11) is 1.63. The van der Waals surface area contributed by atoms with Crippen LogP contribution >= 0.6 is 0 Å². The van der Waals surface area contributed by atoms with Crippen LogP contribution in [-0.2, 0) is 0 Å². The Kier molecular flexibility index (Phi) is 4.59. The highest BCUT2D eigenvalue weighted by Crippen LogP contribution is 2.25. The Morgan fingerprint density at radius 3 is 2.44 bits per heavy atom. The minimum atomic E-state index is 0.00595. The lowest BCUT2D eigenvalue weighted by Gasteiger charge is -2.39. The number of rotatable bonds is 5. The second kappa shape index (κ2) is 7.19. The van der Waals surface area contributed by atoms with Gasteiger partial charge in [-0.15, -0.1) is 0 Å². The molecule has 1 aromatic heterocycles. The molecule has 0 spiro atoms. The number of ether oxygens (including phenoxy) is 2. The van der Waals surface area contributed by atoms with E-state index in [-0.39, 0.29) is 12.0 Å². The van der Waals surface area contributed by atoms with Crippen LogP contribution in [0.4, 0.5) is 0 Å². The lowest BCUT2D eigenvalue weighted by atomic mass is 10.1. The number of likely N-dealkylation sites (tertiary alicyclic amines) is 1. The summed E-state index contributed by atoms with van der Waals surface area (Å²) in [5.74, 6) is 3.20. The molecule has 3 aromatic rings. The van der Waals surface area contributed by atoms with Crippen molar-refractivity contribution >= 4 is 5.91 Å². The monoisotopic (exact) mass is 363 g/mol. The molecule has 1 saturated heterocycles. The summed E-state index contributed by atoms with van der Waals surface area (Å²) in [5, 5.41) is 0. The van der Waals surface area contributed by atoms with Crippen LogP contribution in [0.1, 0.15) is 16.1 Å². The van der Waals surface area contributed by atoms with Gasteiger partial charge in [-0.2, -0.15) is 0 Å². The van der Waals surface area contributed by atoms with Gasteiger partial charge in [0.15, 0.2) is 0 Å². The number of benzene rings is 2. The van der Waals surface area contributed by atoms with E-state index in [1.807, 2.05) is 67.6 Å². The lowest BCUT2D eigenvalue weighted by molar-refractivity contribution is 0.0177. The van der Waals surface area contributed by atoms with Crippen LogP contribution in [0.25, 0.3) is 11.3 Å². The Balaban J connectivity index is 1.34. The smallest absolute Gasteiger partial charge is 0.254 e. The fraction of sp³-hybridized carbons (Fsp3) is 0.227. The van der Waals surface area contributed by atoms with Crippen molar-refractivity contribution in [3.8, 4) is 22.8 Å². The predicted octanol–water partition coefficient (Wildman–Crippen LogP) is 4.17. The molecule has 0 aliphatic carbocycles. The molecule has 4 rings (SSSR count). The number of amides is 1. The minimum absolute atomic E-state index is 0.00595. The van der Waals surface area contributed by atoms with Gasteiger partial charge in [-0.05, 0) is 43.3 Å². The molecule has 0 atom stereocenters. The van der Waals surface area contributed by atoms with Gasteiger partial charge in [-0.1, -0.05) is 18.2 Å². The van der Waals surface area contributed by atoms with Gasteiger partial charge in [0.05, 0.1) is 20.2 Å². The van der Waals surface area contributed by atoms with Gasteiger partial charge in [-0.25, -0.2) is 0 Å². The van der Waals surface area contributed by atoms with Gasteiger partial charge in [0.25, 0.3) is 5.91 Å². The summed E-state index contributed by atoms with van der Waals surface area (Å²) in [6.45, 7) is 3.07. The summed E-state index contributed by atoms with van der Waals surface area (Å²) >= 11 is 0. The third kappa shape index (κ3) is 3.67. The molecule has 27 heavy (non-hydrogen) atoms. The minimum Gasteiger partial charge on any atom is -0.497 e. The third-order valence-corrected chi connectivity index (χ3v) is 4.64. The molecule has 2 aromatic carbocycles. The number of aryl methyl sites for hydroxylation is 1. The number of hydrogen-bond acceptors (Lipinski definition) is 4. The molecule has 0 unspecified atom stereocenters. The number of nitrogens with zero attached hydrogens (tertiary/aromatic N) is 1. The van der Waals surface area contributed by atoms with E-state index in [1.54, 1.807) is 12.0 Å². The fourth-order valence-electron chi connectivity index (χ4n) is 3.09. The van der Waals surface area contributed by atoms with Gasteiger partial charge >= 0.3 is 0 Å². The molecular weight excluding hydrogens is 342 g/mol. The van der Waals surface area contributed by atoms with Crippen LogP contribution in [0.15, 0.2) is 65.1 Å². The molecule has 0 bridgehead atoms. The van der Waals surface area contributed by atoms with E-state index in [2.05, 4.69) is 0 Å². The van der Waals surface area contributed by atoms with Gasteiger partial charge in [0.1, 0.15) is 29.1 Å². The zero-order chi connectivity index (χ0) is 18.8. The van der Waals surface area contributed by atoms with Gasteiger partial charge in [0.2, 0.25) is 0 Å². The first-order chi connectivity index (χ1) is 13.1. The first-order valence-corrected chi connectivity index (χ1v) is 8.89. The molecule has 5 nitrogen and oxygen atoms in total. The zero-order valence-corrected chi connectivity index (χ0v) is 15.3. The Labute approximate surface area is 158 Å². The van der Waals surface area contributed by atoms with Crippen LogP contribution in [0, 0.1) is 6.92 Å². The normalized spacial score (nSPS) is 13.9. The Hall–Kier alpha value is -3.21. The predicted molar refractivity (Wildman–Crippen MR) is 102 cm³/mol. The van der Waals surface area contributed by atoms with Crippen molar-refractivity contribution in [1.82, 2.24) is 4.90 Å². The standard InChI is InChI=1S/C22H21NO4/c1-15-6-11-21(26-15)16-7-9-17(10-8-16)22(24)23-13-20(14-23)27-19-5-3-4-18(12-19)25-2/h3-12,20H,13-14H2,1-2H3. The molecule has 138 valence electrons. The number of carbonyl (C=O) groups is 1. The largest absolute Gasteiger partial charge is 0.497 e. The lowest BCUT2D eigenvalue weighted by Crippen LogP contribution is -2.56. The Morgan fingerprint density at radius 1 is 1.04 bits per heavy atom. The highest BCUT2D eigenvalue weighted by Gasteiger charge is 2.32. The van der Waals surface area contributed by atoms with Crippen molar-refractivity contribution in [2.24, 2.45) is 0 Å². The van der Waals surface area contributed by atoms with E-state index in [0.29, 0.717) is 18.7 Å². The molecule has 5 heteroatoms. The van der Waals surface area contributed by atoms with Crippen LogP contribution in [0.3, 0.4) is 0 Å². The first-order valence-electron chi connectivity index (χ1n) is 8.89. The number of carbonyl (C=O) groups excluding carboxylic acids is 1. The number of furan rings is 1. The van der Waals surface area contributed by atoms with Gasteiger partial charge in [0, 0.05) is 17.2 Å². The molecule has 1 aliphatic heterocycles. The van der Waals surface area contributed by atoms with E-state index in [9.17, 15) is 4.79 Å². The van der Waals surface area contributed by atoms with Crippen molar-refractivity contribution in [1.29, 1.82) is 0 Å². The summed E-state index contributed by atoms with van der Waals surface area (Å²) < 4.78 is 16.7. The number of methoxy groups -OCH3 is 1. The molecule has 2 heterocycles. The van der Waals surface area contributed by atoms with Gasteiger partial charge < -0.3 is 18.8 Å². The molecule has 1 amide bonds. The maximum absolute atomic E-state index is 12.6. The molecule has 1 fully saturated rings. The second-order valence-electron chi connectivity index (χ2n) is 6.62. The molecular formula is C22H21NO4. The average Bonchev–Trinajstić information content (AvgIpc) is 3.10. The van der Waals surface area contributed by atoms with Gasteiger partial charge in [-0.3, -0.25) is 4.79 Å². The Morgan fingerprint density at radius 2 is 1.78 bits per heavy atom. The molecule has 1 aliphatic rings. The van der Waals surface area contributed by atoms with Crippen molar-refractivity contribution < 1.29 is 18.7 Å². The SMILES string of the molecule is COc1cccc(OC2CN(C(=O)c3ccc(-c4ccc(C)o4)cc3)C2)c1. The van der Waals surface area contributed by atoms with Crippen LogP contribution < -0.4 is 9.47 Å². The highest BCUT2D eigenvalue weighted by molar-refractivity contribution is 5.95. The van der Waals surface area contributed by atoms with E-state index in [1.165, 1.54) is 0 Å². The summed E-state index contributed by atoms with van der Waals surface area (Å²) in [6, 6.07) is 18.9. The Bertz CT molecular complexity index is 939. The maximum atomic E-state index is 12.6. The quantitative estimate of drug-likeness (QED) is 0.683. The second-order valence-corrected chi connectivity index (χ2v) is 6.62.